The normalized spacial score (nSPS) is 10.6. The fourth-order valence-corrected chi connectivity index (χ4v) is 3.50. The number of nitrogens with one attached hydrogen (secondary N) is 2. The number of carbonyl (C=O) groups excluding carboxylic acids is 1. The summed E-state index contributed by atoms with van der Waals surface area (Å²) in [5.74, 6) is 1.46. The Morgan fingerprint density at radius 1 is 1.19 bits per heavy atom. The van der Waals surface area contributed by atoms with Crippen LogP contribution in [0.3, 0.4) is 0 Å². The molecule has 7 nitrogen and oxygen atoms in total. The summed E-state index contributed by atoms with van der Waals surface area (Å²) >= 11 is 1.58. The van der Waals surface area contributed by atoms with Crippen LogP contribution in [0.2, 0.25) is 0 Å². The van der Waals surface area contributed by atoms with Crippen LogP contribution in [-0.2, 0) is 19.3 Å². The Bertz CT molecular complexity index is 905. The Kier molecular flexibility index (Phi) is 6.08. The predicted molar refractivity (Wildman–Crippen MR) is 107 cm³/mol. The lowest BCUT2D eigenvalue weighted by molar-refractivity contribution is 0.251. The van der Waals surface area contributed by atoms with E-state index in [1.807, 2.05) is 55.9 Å². The van der Waals surface area contributed by atoms with Gasteiger partial charge in [0.1, 0.15) is 0 Å². The zero-order chi connectivity index (χ0) is 19.2. The summed E-state index contributed by atoms with van der Waals surface area (Å²) in [7, 11) is 1.89. The molecule has 0 aliphatic rings. The van der Waals surface area contributed by atoms with Gasteiger partial charge in [-0.1, -0.05) is 23.9 Å². The van der Waals surface area contributed by atoms with Crippen LogP contribution in [0, 0.1) is 13.8 Å². The Morgan fingerprint density at radius 2 is 1.96 bits per heavy atom. The third kappa shape index (κ3) is 5.30. The Balaban J connectivity index is 1.53. The van der Waals surface area contributed by atoms with E-state index in [-0.39, 0.29) is 6.03 Å². The van der Waals surface area contributed by atoms with E-state index in [4.69, 9.17) is 0 Å². The van der Waals surface area contributed by atoms with Crippen molar-refractivity contribution < 1.29 is 4.79 Å². The first-order valence-corrected chi connectivity index (χ1v) is 9.53. The summed E-state index contributed by atoms with van der Waals surface area (Å²) in [6.45, 7) is 4.30. The number of thioether (sulfide) groups is 1. The number of rotatable bonds is 6. The van der Waals surface area contributed by atoms with Gasteiger partial charge in [0.25, 0.3) is 0 Å². The van der Waals surface area contributed by atoms with E-state index in [1.165, 1.54) is 0 Å². The molecule has 0 radical (unpaired) electrons. The lowest BCUT2D eigenvalue weighted by atomic mass is 10.1. The van der Waals surface area contributed by atoms with Crippen LogP contribution in [0.5, 0.6) is 0 Å². The number of nitrogens with zero attached hydrogens (tertiary/aromatic N) is 4. The van der Waals surface area contributed by atoms with Gasteiger partial charge in [0.15, 0.2) is 11.0 Å². The molecule has 0 aliphatic carbocycles. The molecule has 0 atom stereocenters. The maximum Gasteiger partial charge on any atom is 0.319 e. The van der Waals surface area contributed by atoms with Crippen molar-refractivity contribution in [1.29, 1.82) is 0 Å². The molecule has 140 valence electrons. The van der Waals surface area contributed by atoms with Gasteiger partial charge in [0.2, 0.25) is 0 Å². The van der Waals surface area contributed by atoms with Crippen molar-refractivity contribution in [2.45, 2.75) is 31.3 Å². The van der Waals surface area contributed by atoms with Crippen LogP contribution in [0.4, 0.5) is 10.5 Å². The lowest BCUT2D eigenvalue weighted by Crippen LogP contribution is -2.29. The van der Waals surface area contributed by atoms with Gasteiger partial charge >= 0.3 is 6.03 Å². The van der Waals surface area contributed by atoms with Crippen molar-refractivity contribution in [2.24, 2.45) is 7.05 Å². The SMILES string of the molecule is Cc1cc(C)cc(NC(=O)NCc2nnc(SCc3cccnc3)n2C)c1. The number of carbonyl (C=O) groups is 1. The van der Waals surface area contributed by atoms with E-state index < -0.39 is 0 Å². The van der Waals surface area contributed by atoms with Gasteiger partial charge in [0.05, 0.1) is 6.54 Å². The molecular weight excluding hydrogens is 360 g/mol. The second kappa shape index (κ2) is 8.68. The standard InChI is InChI=1S/C19H22N6OS/c1-13-7-14(2)9-16(8-13)22-18(26)21-11-17-23-24-19(25(17)3)27-12-15-5-4-6-20-10-15/h4-10H,11-12H2,1-3H3,(H2,21,22,26). The van der Waals surface area contributed by atoms with Gasteiger partial charge in [-0.25, -0.2) is 4.79 Å². The van der Waals surface area contributed by atoms with Crippen LogP contribution in [0.15, 0.2) is 47.9 Å². The maximum absolute atomic E-state index is 12.1. The number of hydrogen-bond acceptors (Lipinski definition) is 5. The number of urea groups is 1. The largest absolute Gasteiger partial charge is 0.331 e. The van der Waals surface area contributed by atoms with E-state index in [2.05, 4.69) is 31.9 Å². The molecule has 27 heavy (non-hydrogen) atoms. The number of aryl methyl sites for hydroxylation is 2. The Hall–Kier alpha value is -2.87. The van der Waals surface area contributed by atoms with Gasteiger partial charge in [-0.05, 0) is 48.7 Å². The molecule has 2 N–H and O–H groups in total. The summed E-state index contributed by atoms with van der Waals surface area (Å²) in [5, 5.41) is 14.8. The molecule has 2 aromatic heterocycles. The molecule has 1 aromatic carbocycles. The lowest BCUT2D eigenvalue weighted by Gasteiger charge is -2.09. The van der Waals surface area contributed by atoms with Crippen molar-refractivity contribution in [3.05, 3.63) is 65.2 Å². The van der Waals surface area contributed by atoms with Crippen LogP contribution in [0.25, 0.3) is 0 Å². The molecule has 3 rings (SSSR count). The summed E-state index contributed by atoms with van der Waals surface area (Å²) in [6.07, 6.45) is 3.59. The van der Waals surface area contributed by atoms with Crippen LogP contribution >= 0.6 is 11.8 Å². The first-order valence-electron chi connectivity index (χ1n) is 8.54. The fourth-order valence-electron chi connectivity index (χ4n) is 2.64. The number of hydrogen-bond donors (Lipinski definition) is 2. The number of benzene rings is 1. The highest BCUT2D eigenvalue weighted by Crippen LogP contribution is 2.20. The number of aromatic nitrogens is 4. The van der Waals surface area contributed by atoms with Crippen LogP contribution in [0.1, 0.15) is 22.5 Å². The van der Waals surface area contributed by atoms with E-state index in [1.54, 1.807) is 18.0 Å². The molecule has 0 fully saturated rings. The highest BCUT2D eigenvalue weighted by molar-refractivity contribution is 7.98. The molecule has 2 heterocycles. The zero-order valence-corrected chi connectivity index (χ0v) is 16.4. The topological polar surface area (TPSA) is 84.7 Å². The zero-order valence-electron chi connectivity index (χ0n) is 15.6. The highest BCUT2D eigenvalue weighted by Gasteiger charge is 2.11. The number of pyridine rings is 1. The number of amides is 2. The maximum atomic E-state index is 12.1. The van der Waals surface area contributed by atoms with Crippen molar-refractivity contribution in [3.8, 4) is 0 Å². The minimum absolute atomic E-state index is 0.271. The van der Waals surface area contributed by atoms with Crippen LogP contribution < -0.4 is 10.6 Å². The second-order valence-electron chi connectivity index (χ2n) is 6.29. The van der Waals surface area contributed by atoms with Crippen molar-refractivity contribution >= 4 is 23.5 Å². The minimum Gasteiger partial charge on any atom is -0.331 e. The fraction of sp³-hybridized carbons (Fsp3) is 0.263. The summed E-state index contributed by atoms with van der Waals surface area (Å²) in [4.78, 5) is 16.3. The third-order valence-corrected chi connectivity index (χ3v) is 4.99. The first-order chi connectivity index (χ1) is 13.0. The van der Waals surface area contributed by atoms with E-state index in [0.717, 1.165) is 33.3 Å². The van der Waals surface area contributed by atoms with Gasteiger partial charge in [-0.3, -0.25) is 4.98 Å². The van der Waals surface area contributed by atoms with E-state index >= 15 is 0 Å². The Morgan fingerprint density at radius 3 is 2.67 bits per heavy atom. The second-order valence-corrected chi connectivity index (χ2v) is 7.23. The molecule has 0 bridgehead atoms. The quantitative estimate of drug-likeness (QED) is 0.638. The highest BCUT2D eigenvalue weighted by atomic mass is 32.2. The molecule has 3 aromatic rings. The molecule has 0 unspecified atom stereocenters. The first kappa shape index (κ1) is 18.9. The average molecular weight is 382 g/mol. The number of anilines is 1. The smallest absolute Gasteiger partial charge is 0.319 e. The molecular formula is C19H22N6OS. The molecule has 2 amide bonds. The summed E-state index contributed by atoms with van der Waals surface area (Å²) in [6, 6.07) is 9.59. The molecule has 0 aliphatic heterocycles. The molecule has 0 spiro atoms. The van der Waals surface area contributed by atoms with Crippen molar-refractivity contribution in [1.82, 2.24) is 25.1 Å². The minimum atomic E-state index is -0.271. The van der Waals surface area contributed by atoms with Gasteiger partial charge in [-0.2, -0.15) is 0 Å². The van der Waals surface area contributed by atoms with Gasteiger partial charge in [0, 0.05) is 30.9 Å². The molecule has 0 saturated heterocycles. The predicted octanol–water partition coefficient (Wildman–Crippen LogP) is 3.44. The average Bonchev–Trinajstić information content (AvgIpc) is 2.98. The molecule has 0 saturated carbocycles. The van der Waals surface area contributed by atoms with Crippen molar-refractivity contribution in [3.63, 3.8) is 0 Å². The van der Waals surface area contributed by atoms with Gasteiger partial charge < -0.3 is 15.2 Å². The van der Waals surface area contributed by atoms with E-state index in [9.17, 15) is 4.79 Å². The van der Waals surface area contributed by atoms with Crippen LogP contribution in [-0.4, -0.2) is 25.8 Å². The van der Waals surface area contributed by atoms with E-state index in [0.29, 0.717) is 12.4 Å². The van der Waals surface area contributed by atoms with Gasteiger partial charge in [-0.15, -0.1) is 10.2 Å². The van der Waals surface area contributed by atoms with Crippen molar-refractivity contribution in [2.75, 3.05) is 5.32 Å². The Labute approximate surface area is 162 Å². The third-order valence-electron chi connectivity index (χ3n) is 3.90. The summed E-state index contributed by atoms with van der Waals surface area (Å²) in [5.41, 5.74) is 4.11. The summed E-state index contributed by atoms with van der Waals surface area (Å²) < 4.78 is 1.89. The monoisotopic (exact) mass is 382 g/mol. The molecule has 8 heteroatoms.